The van der Waals surface area contributed by atoms with E-state index in [1.165, 1.54) is 13.8 Å². The van der Waals surface area contributed by atoms with Crippen molar-refractivity contribution in [2.45, 2.75) is 33.8 Å². The topological polar surface area (TPSA) is 57.5 Å². The molecule has 0 heterocycles. The molecule has 3 nitrogen and oxygen atoms in total. The quantitative estimate of drug-likeness (QED) is 0.531. The number of aliphatic hydroxyl groups excluding tert-OH is 2. The third-order valence-electron chi connectivity index (χ3n) is 0. The molecule has 0 amide bonds. The largest absolute Gasteiger partial charge is 0.400 e. The van der Waals surface area contributed by atoms with Crippen molar-refractivity contribution >= 4 is 5.78 Å². The summed E-state index contributed by atoms with van der Waals surface area (Å²) in [6.07, 6.45) is -0.167. The maximum Gasteiger partial charge on any atom is 0.126 e. The second-order valence-corrected chi connectivity index (χ2v) is 2.00. The minimum atomic E-state index is -0.167. The molecule has 0 spiro atoms. The molecule has 0 unspecified atom stereocenters. The van der Waals surface area contributed by atoms with Crippen LogP contribution in [-0.4, -0.2) is 29.2 Å². The Morgan fingerprint density at radius 1 is 1.20 bits per heavy atom. The van der Waals surface area contributed by atoms with Crippen LogP contribution in [0.15, 0.2) is 0 Å². The lowest BCUT2D eigenvalue weighted by atomic mass is 10.5. The lowest BCUT2D eigenvalue weighted by Gasteiger charge is -1.80. The van der Waals surface area contributed by atoms with Gasteiger partial charge in [-0.2, -0.15) is 0 Å². The summed E-state index contributed by atoms with van der Waals surface area (Å²) in [5, 5.41) is 15.1. The smallest absolute Gasteiger partial charge is 0.126 e. The number of hydrogen-bond acceptors (Lipinski definition) is 3. The number of Topliss-reactive ketones (excluding diaryl/α,β-unsaturated/α-hetero) is 1. The van der Waals surface area contributed by atoms with E-state index >= 15 is 0 Å². The Morgan fingerprint density at radius 3 is 1.20 bits per heavy atom. The fourth-order valence-electron chi connectivity index (χ4n) is 0. The average molecular weight is 150 g/mol. The number of carbonyl (C=O) groups excluding carboxylic acids is 1. The van der Waals surface area contributed by atoms with Crippen LogP contribution in [0.2, 0.25) is 0 Å². The van der Waals surface area contributed by atoms with Gasteiger partial charge in [-0.15, -0.1) is 0 Å². The van der Waals surface area contributed by atoms with Crippen LogP contribution < -0.4 is 0 Å². The monoisotopic (exact) mass is 150 g/mol. The molecule has 0 aromatic carbocycles. The number of aliphatic hydroxyl groups is 2. The van der Waals surface area contributed by atoms with Gasteiger partial charge < -0.3 is 15.0 Å². The van der Waals surface area contributed by atoms with Crippen molar-refractivity contribution in [1.82, 2.24) is 0 Å². The van der Waals surface area contributed by atoms with Crippen molar-refractivity contribution < 1.29 is 15.0 Å². The average Bonchev–Trinajstić information content (AvgIpc) is 1.66. The Hall–Kier alpha value is -0.410. The van der Waals surface area contributed by atoms with E-state index in [1.54, 1.807) is 13.8 Å². The maximum atomic E-state index is 9.44. The molecule has 3 heteroatoms. The fraction of sp³-hybridized carbons (Fsp3) is 0.857. The zero-order valence-electron chi connectivity index (χ0n) is 7.38. The number of rotatable bonds is 0. The molecule has 0 atom stereocenters. The third kappa shape index (κ3) is 1960. The molecule has 10 heavy (non-hydrogen) atoms. The van der Waals surface area contributed by atoms with Crippen LogP contribution in [0.1, 0.15) is 27.7 Å². The van der Waals surface area contributed by atoms with E-state index < -0.39 is 0 Å². The Kier molecular flexibility index (Phi) is 25.8. The van der Waals surface area contributed by atoms with Gasteiger partial charge in [0.05, 0.1) is 0 Å². The van der Waals surface area contributed by atoms with Crippen molar-refractivity contribution in [3.05, 3.63) is 0 Å². The van der Waals surface area contributed by atoms with Gasteiger partial charge in [0.2, 0.25) is 0 Å². The molecule has 2 N–H and O–H groups in total. The molecule has 0 aromatic heterocycles. The van der Waals surface area contributed by atoms with Crippen molar-refractivity contribution in [3.8, 4) is 0 Å². The SMILES string of the molecule is CC(C)=O.CC(C)O.CO. The van der Waals surface area contributed by atoms with Gasteiger partial charge >= 0.3 is 0 Å². The van der Waals surface area contributed by atoms with Crippen LogP contribution in [0.4, 0.5) is 0 Å². The summed E-state index contributed by atoms with van der Waals surface area (Å²) in [5.41, 5.74) is 0. The summed E-state index contributed by atoms with van der Waals surface area (Å²) in [6.45, 7) is 6.50. The van der Waals surface area contributed by atoms with E-state index in [-0.39, 0.29) is 11.9 Å². The predicted octanol–water partition coefficient (Wildman–Crippen LogP) is 0.591. The highest BCUT2D eigenvalue weighted by Gasteiger charge is 1.69. The number of hydrogen-bond donors (Lipinski definition) is 2. The Bertz CT molecular complexity index is 53.1. The van der Waals surface area contributed by atoms with Crippen molar-refractivity contribution in [2.75, 3.05) is 7.11 Å². The molecule has 0 saturated carbocycles. The lowest BCUT2D eigenvalue weighted by molar-refractivity contribution is -0.114. The van der Waals surface area contributed by atoms with Gasteiger partial charge in [0.1, 0.15) is 5.78 Å². The molecule has 0 fully saturated rings. The lowest BCUT2D eigenvalue weighted by Crippen LogP contribution is -1.85. The van der Waals surface area contributed by atoms with Crippen LogP contribution in [0.3, 0.4) is 0 Å². The summed E-state index contributed by atoms with van der Waals surface area (Å²) in [5.74, 6) is 0.167. The third-order valence-corrected chi connectivity index (χ3v) is 0. The van der Waals surface area contributed by atoms with Gasteiger partial charge in [-0.3, -0.25) is 0 Å². The maximum absolute atomic E-state index is 9.44. The molecule has 0 bridgehead atoms. The summed E-state index contributed by atoms with van der Waals surface area (Å²) < 4.78 is 0. The number of ketones is 1. The first-order valence-electron chi connectivity index (χ1n) is 3.06. The van der Waals surface area contributed by atoms with Gasteiger partial charge in [-0.05, 0) is 27.7 Å². The molecular formula is C7H18O3. The minimum Gasteiger partial charge on any atom is -0.400 e. The summed E-state index contributed by atoms with van der Waals surface area (Å²) in [7, 11) is 1.00. The van der Waals surface area contributed by atoms with Crippen molar-refractivity contribution in [1.29, 1.82) is 0 Å². The van der Waals surface area contributed by atoms with Gasteiger partial charge in [-0.1, -0.05) is 0 Å². The first kappa shape index (κ1) is 16.3. The van der Waals surface area contributed by atoms with Crippen LogP contribution >= 0.6 is 0 Å². The Labute approximate surface area is 62.7 Å². The molecule has 0 aromatic rings. The molecule has 0 aliphatic carbocycles. The van der Waals surface area contributed by atoms with Gasteiger partial charge in [-0.25, -0.2) is 0 Å². The first-order chi connectivity index (χ1) is 4.46. The fourth-order valence-corrected chi connectivity index (χ4v) is 0. The van der Waals surface area contributed by atoms with Gasteiger partial charge in [0.15, 0.2) is 0 Å². The van der Waals surface area contributed by atoms with E-state index in [1.807, 2.05) is 0 Å². The van der Waals surface area contributed by atoms with Crippen LogP contribution in [0.25, 0.3) is 0 Å². The Balaban J connectivity index is -0.0000000787. The number of carbonyl (C=O) groups is 1. The highest BCUT2D eigenvalue weighted by Crippen LogP contribution is 1.65. The van der Waals surface area contributed by atoms with Crippen LogP contribution in [-0.2, 0) is 4.79 Å². The van der Waals surface area contributed by atoms with Crippen LogP contribution in [0, 0.1) is 0 Å². The minimum absolute atomic E-state index is 0.167. The zero-order chi connectivity index (χ0) is 9.15. The standard InChI is InChI=1S/C3H8O.C3H6O.CH4O/c2*1-3(2)4;1-2/h3-4H,1-2H3;1-2H3;2H,1H3. The van der Waals surface area contributed by atoms with Gasteiger partial charge in [0.25, 0.3) is 0 Å². The second kappa shape index (κ2) is 15.8. The van der Waals surface area contributed by atoms with E-state index in [0.29, 0.717) is 0 Å². The van der Waals surface area contributed by atoms with E-state index in [2.05, 4.69) is 0 Å². The van der Waals surface area contributed by atoms with E-state index in [4.69, 9.17) is 10.2 Å². The summed E-state index contributed by atoms with van der Waals surface area (Å²) in [6, 6.07) is 0. The summed E-state index contributed by atoms with van der Waals surface area (Å²) in [4.78, 5) is 9.44. The molecule has 0 radical (unpaired) electrons. The molecule has 0 rings (SSSR count). The van der Waals surface area contributed by atoms with E-state index in [0.717, 1.165) is 7.11 Å². The summed E-state index contributed by atoms with van der Waals surface area (Å²) >= 11 is 0. The predicted molar refractivity (Wildman–Crippen MR) is 41.9 cm³/mol. The highest BCUT2D eigenvalue weighted by molar-refractivity contribution is 5.72. The van der Waals surface area contributed by atoms with E-state index in [9.17, 15) is 4.79 Å². The molecule has 0 aliphatic heterocycles. The first-order valence-corrected chi connectivity index (χ1v) is 3.06. The Morgan fingerprint density at radius 2 is 1.20 bits per heavy atom. The second-order valence-electron chi connectivity index (χ2n) is 2.00. The van der Waals surface area contributed by atoms with Crippen LogP contribution in [0.5, 0.6) is 0 Å². The van der Waals surface area contributed by atoms with Gasteiger partial charge in [0, 0.05) is 13.2 Å². The van der Waals surface area contributed by atoms with Crippen molar-refractivity contribution in [3.63, 3.8) is 0 Å². The molecule has 64 valence electrons. The normalized spacial score (nSPS) is 6.80. The van der Waals surface area contributed by atoms with Crippen molar-refractivity contribution in [2.24, 2.45) is 0 Å². The highest BCUT2D eigenvalue weighted by atomic mass is 16.3. The molecule has 0 aliphatic rings. The zero-order valence-corrected chi connectivity index (χ0v) is 7.38. The molecule has 0 saturated heterocycles. The molecular weight excluding hydrogens is 132 g/mol.